The Morgan fingerprint density at radius 3 is 2.45 bits per heavy atom. The van der Waals surface area contributed by atoms with Crippen molar-refractivity contribution in [2.45, 2.75) is 20.4 Å². The molecule has 0 bridgehead atoms. The average Bonchev–Trinajstić information content (AvgIpc) is 3.25. The Morgan fingerprint density at radius 1 is 1.06 bits per heavy atom. The van der Waals surface area contributed by atoms with E-state index in [9.17, 15) is 4.79 Å². The van der Waals surface area contributed by atoms with Gasteiger partial charge in [-0.05, 0) is 48.8 Å². The number of hydrogen-bond donors (Lipinski definition) is 1. The lowest BCUT2D eigenvalue weighted by Crippen LogP contribution is -2.49. The minimum atomic E-state index is -0.329. The van der Waals surface area contributed by atoms with Crippen LogP contribution in [0.25, 0.3) is 10.4 Å². The van der Waals surface area contributed by atoms with Crippen molar-refractivity contribution in [1.82, 2.24) is 9.80 Å². The summed E-state index contributed by atoms with van der Waals surface area (Å²) in [5, 5.41) is 4.73. The van der Waals surface area contributed by atoms with Crippen molar-refractivity contribution < 1.29 is 9.53 Å². The standard InChI is InChI=1S/C26H29N3O2S2/c1-3-31-25(30)22-17-23(20-10-5-4-6-11-20)33-24(22)27-26(32)29-15-13-28(14-16-29)18-21-12-8-7-9-19(21)2/h4-12,17H,3,13-16,18H2,1-2H3,(H,27,32). The van der Waals surface area contributed by atoms with Crippen LogP contribution in [0.15, 0.2) is 60.7 Å². The van der Waals surface area contributed by atoms with Gasteiger partial charge < -0.3 is 15.0 Å². The summed E-state index contributed by atoms with van der Waals surface area (Å²) in [6, 6.07) is 20.5. The molecule has 1 aromatic heterocycles. The minimum Gasteiger partial charge on any atom is -0.462 e. The van der Waals surface area contributed by atoms with Crippen LogP contribution >= 0.6 is 23.6 Å². The molecule has 1 N–H and O–H groups in total. The highest BCUT2D eigenvalue weighted by Crippen LogP contribution is 2.36. The highest BCUT2D eigenvalue weighted by Gasteiger charge is 2.23. The van der Waals surface area contributed by atoms with Gasteiger partial charge in [0.05, 0.1) is 12.2 Å². The predicted molar refractivity (Wildman–Crippen MR) is 140 cm³/mol. The monoisotopic (exact) mass is 479 g/mol. The van der Waals surface area contributed by atoms with E-state index < -0.39 is 0 Å². The molecular formula is C26H29N3O2S2. The molecule has 172 valence electrons. The largest absolute Gasteiger partial charge is 0.462 e. The van der Waals surface area contributed by atoms with E-state index in [0.29, 0.717) is 17.3 Å². The van der Waals surface area contributed by atoms with Gasteiger partial charge in [0.2, 0.25) is 0 Å². The van der Waals surface area contributed by atoms with E-state index in [1.54, 1.807) is 0 Å². The molecule has 0 saturated carbocycles. The Bertz CT molecular complexity index is 1110. The Kier molecular flexibility index (Phi) is 7.75. The van der Waals surface area contributed by atoms with Gasteiger partial charge >= 0.3 is 5.97 Å². The number of carbonyl (C=O) groups excluding carboxylic acids is 1. The summed E-state index contributed by atoms with van der Waals surface area (Å²) in [6.45, 7) is 8.86. The van der Waals surface area contributed by atoms with E-state index >= 15 is 0 Å². The van der Waals surface area contributed by atoms with E-state index in [1.807, 2.05) is 43.3 Å². The van der Waals surface area contributed by atoms with Gasteiger partial charge in [0, 0.05) is 37.6 Å². The molecule has 3 aromatic rings. The number of thiophene rings is 1. The number of ether oxygens (including phenoxy) is 1. The number of aryl methyl sites for hydroxylation is 1. The van der Waals surface area contributed by atoms with E-state index in [4.69, 9.17) is 17.0 Å². The lowest BCUT2D eigenvalue weighted by atomic mass is 10.1. The quantitative estimate of drug-likeness (QED) is 0.377. The normalized spacial score (nSPS) is 14.2. The Balaban J connectivity index is 1.42. The SMILES string of the molecule is CCOC(=O)c1cc(-c2ccccc2)sc1NC(=S)N1CCN(Cc2ccccc2C)CC1. The molecule has 2 heterocycles. The van der Waals surface area contributed by atoms with E-state index in [1.165, 1.54) is 22.5 Å². The van der Waals surface area contributed by atoms with Crippen LogP contribution in [0.2, 0.25) is 0 Å². The lowest BCUT2D eigenvalue weighted by Gasteiger charge is -2.36. The van der Waals surface area contributed by atoms with Crippen LogP contribution in [0, 0.1) is 6.92 Å². The molecule has 7 heteroatoms. The molecule has 2 aromatic carbocycles. The van der Waals surface area contributed by atoms with Crippen molar-refractivity contribution in [3.63, 3.8) is 0 Å². The molecule has 0 unspecified atom stereocenters. The van der Waals surface area contributed by atoms with Gasteiger partial charge in [-0.15, -0.1) is 11.3 Å². The first kappa shape index (κ1) is 23.4. The molecule has 0 spiro atoms. The fourth-order valence-corrected chi connectivity index (χ4v) is 5.30. The zero-order valence-electron chi connectivity index (χ0n) is 19.0. The molecule has 0 amide bonds. The number of benzene rings is 2. The summed E-state index contributed by atoms with van der Waals surface area (Å²) in [5.74, 6) is -0.329. The third-order valence-electron chi connectivity index (χ3n) is 5.82. The molecule has 5 nitrogen and oxygen atoms in total. The highest BCUT2D eigenvalue weighted by atomic mass is 32.1. The number of rotatable bonds is 6. The molecule has 0 aliphatic carbocycles. The maximum absolute atomic E-state index is 12.6. The number of carbonyl (C=O) groups is 1. The van der Waals surface area contributed by atoms with Crippen LogP contribution in [-0.4, -0.2) is 53.7 Å². The van der Waals surface area contributed by atoms with E-state index in [-0.39, 0.29) is 5.97 Å². The van der Waals surface area contributed by atoms with E-state index in [0.717, 1.165) is 48.2 Å². The third-order valence-corrected chi connectivity index (χ3v) is 7.28. The number of anilines is 1. The summed E-state index contributed by atoms with van der Waals surface area (Å²) in [7, 11) is 0. The van der Waals surface area contributed by atoms with Crippen molar-refractivity contribution in [2.75, 3.05) is 38.1 Å². The summed E-state index contributed by atoms with van der Waals surface area (Å²) >= 11 is 7.26. The van der Waals surface area contributed by atoms with Gasteiger partial charge in [0.1, 0.15) is 5.00 Å². The molecule has 1 saturated heterocycles. The second-order valence-electron chi connectivity index (χ2n) is 8.06. The molecule has 0 radical (unpaired) electrons. The van der Waals surface area contributed by atoms with Gasteiger partial charge in [-0.25, -0.2) is 4.79 Å². The summed E-state index contributed by atoms with van der Waals surface area (Å²) in [5.41, 5.74) is 4.30. The van der Waals surface area contributed by atoms with Gasteiger partial charge in [-0.1, -0.05) is 54.6 Å². The van der Waals surface area contributed by atoms with Crippen LogP contribution in [0.4, 0.5) is 5.00 Å². The van der Waals surface area contributed by atoms with Crippen molar-refractivity contribution in [2.24, 2.45) is 0 Å². The third kappa shape index (κ3) is 5.79. The smallest absolute Gasteiger partial charge is 0.341 e. The lowest BCUT2D eigenvalue weighted by molar-refractivity contribution is 0.0528. The Labute approximate surface area is 205 Å². The van der Waals surface area contributed by atoms with Crippen LogP contribution in [0.5, 0.6) is 0 Å². The fourth-order valence-electron chi connectivity index (χ4n) is 3.90. The van der Waals surface area contributed by atoms with Crippen molar-refractivity contribution >= 4 is 39.6 Å². The van der Waals surface area contributed by atoms with Crippen LogP contribution in [-0.2, 0) is 11.3 Å². The maximum atomic E-state index is 12.6. The fraction of sp³-hybridized carbons (Fsp3) is 0.308. The van der Waals surface area contributed by atoms with Gasteiger partial charge in [0.15, 0.2) is 5.11 Å². The number of piperazine rings is 1. The number of nitrogens with one attached hydrogen (secondary N) is 1. The molecule has 1 fully saturated rings. The van der Waals surface area contributed by atoms with Crippen LogP contribution in [0.1, 0.15) is 28.4 Å². The molecular weight excluding hydrogens is 450 g/mol. The summed E-state index contributed by atoms with van der Waals surface area (Å²) < 4.78 is 5.29. The number of thiocarbonyl (C=S) groups is 1. The van der Waals surface area contributed by atoms with Gasteiger partial charge in [0.25, 0.3) is 0 Å². The minimum absolute atomic E-state index is 0.329. The molecule has 0 atom stereocenters. The van der Waals surface area contributed by atoms with Crippen LogP contribution in [0.3, 0.4) is 0 Å². The highest BCUT2D eigenvalue weighted by molar-refractivity contribution is 7.80. The van der Waals surface area contributed by atoms with E-state index in [2.05, 4.69) is 46.3 Å². The van der Waals surface area contributed by atoms with Crippen molar-refractivity contribution in [3.05, 3.63) is 77.4 Å². The van der Waals surface area contributed by atoms with Crippen LogP contribution < -0.4 is 5.32 Å². The molecule has 1 aliphatic heterocycles. The molecule has 1 aliphatic rings. The molecule has 33 heavy (non-hydrogen) atoms. The average molecular weight is 480 g/mol. The number of nitrogens with zero attached hydrogens (tertiary/aromatic N) is 2. The van der Waals surface area contributed by atoms with Crippen molar-refractivity contribution in [3.8, 4) is 10.4 Å². The first-order valence-corrected chi connectivity index (χ1v) is 12.5. The summed E-state index contributed by atoms with van der Waals surface area (Å²) in [6.07, 6.45) is 0. The maximum Gasteiger partial charge on any atom is 0.341 e. The number of hydrogen-bond acceptors (Lipinski definition) is 5. The predicted octanol–water partition coefficient (Wildman–Crippen LogP) is 5.41. The topological polar surface area (TPSA) is 44.8 Å². The second kappa shape index (κ2) is 10.9. The van der Waals surface area contributed by atoms with Gasteiger partial charge in [-0.2, -0.15) is 0 Å². The summed E-state index contributed by atoms with van der Waals surface area (Å²) in [4.78, 5) is 18.2. The van der Waals surface area contributed by atoms with Gasteiger partial charge in [-0.3, -0.25) is 4.90 Å². The zero-order valence-corrected chi connectivity index (χ0v) is 20.7. The number of esters is 1. The Hall–Kier alpha value is -2.74. The zero-order chi connectivity index (χ0) is 23.2. The van der Waals surface area contributed by atoms with Crippen molar-refractivity contribution in [1.29, 1.82) is 0 Å². The molecule has 4 rings (SSSR count). The Morgan fingerprint density at radius 2 is 1.76 bits per heavy atom. The second-order valence-corrected chi connectivity index (χ2v) is 9.50. The first-order valence-electron chi connectivity index (χ1n) is 11.2. The first-order chi connectivity index (χ1) is 16.0.